The lowest BCUT2D eigenvalue weighted by Gasteiger charge is -2.40. The average molecular weight is 567 g/mol. The zero-order valence-electron chi connectivity index (χ0n) is 23.8. The molecule has 43 heavy (non-hydrogen) atoms. The second kappa shape index (κ2) is 12.9. The average Bonchev–Trinajstić information content (AvgIpc) is 3.47. The van der Waals surface area contributed by atoms with Gasteiger partial charge in [0.2, 0.25) is 0 Å². The number of aromatic amines is 1. The molecule has 0 aliphatic heterocycles. The summed E-state index contributed by atoms with van der Waals surface area (Å²) in [5.74, 6) is 0. The quantitative estimate of drug-likeness (QED) is 0.0821. The SMILES string of the molecule is O=[N+]([O-])c1ccccc1CNCC(Cc1c[nH]c2ccccc12)NC(c1ccccc1)(c1ccccc1)c1ccccc1. The molecule has 0 bridgehead atoms. The highest BCUT2D eigenvalue weighted by atomic mass is 16.6. The third-order valence-electron chi connectivity index (χ3n) is 8.08. The monoisotopic (exact) mass is 566 g/mol. The van der Waals surface area contributed by atoms with Crippen LogP contribution in [0.2, 0.25) is 0 Å². The van der Waals surface area contributed by atoms with Gasteiger partial charge in [0, 0.05) is 47.9 Å². The number of rotatable bonds is 12. The summed E-state index contributed by atoms with van der Waals surface area (Å²) in [6.07, 6.45) is 2.83. The smallest absolute Gasteiger partial charge is 0.273 e. The topological polar surface area (TPSA) is 83.0 Å². The Kier molecular flexibility index (Phi) is 8.40. The van der Waals surface area contributed by atoms with Gasteiger partial charge in [-0.15, -0.1) is 0 Å². The molecule has 0 radical (unpaired) electrons. The van der Waals surface area contributed by atoms with Gasteiger partial charge in [0.1, 0.15) is 0 Å². The molecule has 0 fully saturated rings. The first-order valence-corrected chi connectivity index (χ1v) is 14.6. The molecular weight excluding hydrogens is 532 g/mol. The summed E-state index contributed by atoms with van der Waals surface area (Å²) in [7, 11) is 0. The predicted octanol–water partition coefficient (Wildman–Crippen LogP) is 7.36. The Morgan fingerprint density at radius 1 is 0.674 bits per heavy atom. The molecule has 214 valence electrons. The molecule has 0 saturated heterocycles. The summed E-state index contributed by atoms with van der Waals surface area (Å²) in [5.41, 5.74) is 5.86. The summed E-state index contributed by atoms with van der Waals surface area (Å²) in [4.78, 5) is 14.8. The fraction of sp³-hybridized carbons (Fsp3) is 0.135. The Hall–Kier alpha value is -5.04. The summed E-state index contributed by atoms with van der Waals surface area (Å²) in [6, 6.07) is 46.9. The van der Waals surface area contributed by atoms with Crippen molar-refractivity contribution in [1.82, 2.24) is 15.6 Å². The Labute approximate surface area is 251 Å². The number of nitrogens with one attached hydrogen (secondary N) is 3. The molecule has 0 aliphatic carbocycles. The Morgan fingerprint density at radius 2 is 1.21 bits per heavy atom. The zero-order chi connectivity index (χ0) is 29.5. The molecule has 0 spiro atoms. The van der Waals surface area contributed by atoms with E-state index < -0.39 is 5.54 Å². The first-order chi connectivity index (χ1) is 21.1. The van der Waals surface area contributed by atoms with Gasteiger partial charge in [0.15, 0.2) is 0 Å². The van der Waals surface area contributed by atoms with Gasteiger partial charge in [0.25, 0.3) is 5.69 Å². The lowest BCUT2D eigenvalue weighted by atomic mass is 9.76. The van der Waals surface area contributed by atoms with Gasteiger partial charge in [-0.2, -0.15) is 0 Å². The van der Waals surface area contributed by atoms with Gasteiger partial charge in [-0.05, 0) is 34.7 Å². The Bertz CT molecular complexity index is 1690. The largest absolute Gasteiger partial charge is 0.361 e. The van der Waals surface area contributed by atoms with Crippen LogP contribution in [-0.4, -0.2) is 22.5 Å². The number of nitro groups is 1. The highest BCUT2D eigenvalue weighted by Crippen LogP contribution is 2.37. The summed E-state index contributed by atoms with van der Waals surface area (Å²) in [6.45, 7) is 0.970. The number of nitrogens with zero attached hydrogens (tertiary/aromatic N) is 1. The number of para-hydroxylation sites is 2. The van der Waals surface area contributed by atoms with Gasteiger partial charge in [0.05, 0.1) is 10.5 Å². The van der Waals surface area contributed by atoms with Crippen LogP contribution in [0.15, 0.2) is 146 Å². The van der Waals surface area contributed by atoms with Gasteiger partial charge in [-0.25, -0.2) is 0 Å². The molecule has 0 aliphatic rings. The summed E-state index contributed by atoms with van der Waals surface area (Å²) < 4.78 is 0. The molecule has 3 N–H and O–H groups in total. The first kappa shape index (κ1) is 28.1. The molecule has 6 nitrogen and oxygen atoms in total. The van der Waals surface area contributed by atoms with E-state index in [0.717, 1.165) is 28.6 Å². The number of nitro benzene ring substituents is 1. The highest BCUT2D eigenvalue weighted by Gasteiger charge is 2.38. The number of fused-ring (bicyclic) bond motifs is 1. The summed E-state index contributed by atoms with van der Waals surface area (Å²) >= 11 is 0. The van der Waals surface area contributed by atoms with Crippen molar-refractivity contribution in [2.45, 2.75) is 24.5 Å². The normalized spacial score (nSPS) is 12.3. The van der Waals surface area contributed by atoms with E-state index in [2.05, 4.69) is 113 Å². The summed E-state index contributed by atoms with van der Waals surface area (Å²) in [5, 5.41) is 20.6. The fourth-order valence-electron chi connectivity index (χ4n) is 6.08. The minimum absolute atomic E-state index is 0.0532. The van der Waals surface area contributed by atoms with E-state index in [1.54, 1.807) is 12.1 Å². The second-order valence-corrected chi connectivity index (χ2v) is 10.8. The van der Waals surface area contributed by atoms with Crippen molar-refractivity contribution in [3.8, 4) is 0 Å². The van der Waals surface area contributed by atoms with Crippen molar-refractivity contribution >= 4 is 16.6 Å². The van der Waals surface area contributed by atoms with Crippen molar-refractivity contribution < 1.29 is 4.92 Å². The van der Waals surface area contributed by atoms with Crippen molar-refractivity contribution in [2.24, 2.45) is 0 Å². The fourth-order valence-corrected chi connectivity index (χ4v) is 6.08. The zero-order valence-corrected chi connectivity index (χ0v) is 23.8. The van der Waals surface area contributed by atoms with Crippen molar-refractivity contribution in [2.75, 3.05) is 6.54 Å². The lowest BCUT2D eigenvalue weighted by molar-refractivity contribution is -0.385. The van der Waals surface area contributed by atoms with Crippen molar-refractivity contribution in [3.63, 3.8) is 0 Å². The van der Waals surface area contributed by atoms with Crippen LogP contribution in [0.3, 0.4) is 0 Å². The van der Waals surface area contributed by atoms with Crippen LogP contribution in [0.25, 0.3) is 10.9 Å². The van der Waals surface area contributed by atoms with E-state index in [-0.39, 0.29) is 16.7 Å². The minimum Gasteiger partial charge on any atom is -0.361 e. The van der Waals surface area contributed by atoms with E-state index in [1.165, 1.54) is 10.9 Å². The standard InChI is InChI=1S/C37H34N4O2/c42-41(43)36-23-13-10-14-28(36)25-38-27-33(24-29-26-39-35-22-12-11-21-34(29)35)40-37(30-15-4-1-5-16-30,31-17-6-2-7-18-31)32-19-8-3-9-20-32/h1-23,26,33,38-40H,24-25,27H2. The number of hydrogen-bond acceptors (Lipinski definition) is 4. The lowest BCUT2D eigenvalue weighted by Crippen LogP contribution is -2.53. The van der Waals surface area contributed by atoms with Gasteiger partial charge < -0.3 is 10.3 Å². The van der Waals surface area contributed by atoms with Gasteiger partial charge in [-0.1, -0.05) is 127 Å². The Balaban J connectivity index is 1.42. The molecule has 1 aromatic heterocycles. The van der Waals surface area contributed by atoms with Crippen LogP contribution < -0.4 is 10.6 Å². The van der Waals surface area contributed by atoms with E-state index in [1.807, 2.05) is 36.4 Å². The maximum absolute atomic E-state index is 11.7. The van der Waals surface area contributed by atoms with Gasteiger partial charge >= 0.3 is 0 Å². The molecule has 1 heterocycles. The van der Waals surface area contributed by atoms with E-state index in [0.29, 0.717) is 18.7 Å². The number of hydrogen-bond donors (Lipinski definition) is 3. The van der Waals surface area contributed by atoms with Crippen molar-refractivity contribution in [1.29, 1.82) is 0 Å². The van der Waals surface area contributed by atoms with E-state index in [4.69, 9.17) is 0 Å². The predicted molar refractivity (Wildman–Crippen MR) is 173 cm³/mol. The molecule has 0 saturated carbocycles. The maximum atomic E-state index is 11.7. The van der Waals surface area contributed by atoms with Gasteiger partial charge in [-0.3, -0.25) is 15.4 Å². The first-order valence-electron chi connectivity index (χ1n) is 14.6. The maximum Gasteiger partial charge on any atom is 0.273 e. The second-order valence-electron chi connectivity index (χ2n) is 10.8. The molecule has 6 heteroatoms. The molecular formula is C37H34N4O2. The van der Waals surface area contributed by atoms with Crippen LogP contribution in [0.5, 0.6) is 0 Å². The van der Waals surface area contributed by atoms with Crippen LogP contribution >= 0.6 is 0 Å². The molecule has 1 unspecified atom stereocenters. The molecule has 0 amide bonds. The number of aromatic nitrogens is 1. The van der Waals surface area contributed by atoms with Crippen molar-refractivity contribution in [3.05, 3.63) is 184 Å². The van der Waals surface area contributed by atoms with Crippen LogP contribution in [0.4, 0.5) is 5.69 Å². The third-order valence-corrected chi connectivity index (χ3v) is 8.08. The molecule has 6 aromatic rings. The van der Waals surface area contributed by atoms with Crippen LogP contribution in [-0.2, 0) is 18.5 Å². The molecule has 5 aromatic carbocycles. The minimum atomic E-state index is -0.652. The van der Waals surface area contributed by atoms with E-state index >= 15 is 0 Å². The van der Waals surface area contributed by atoms with Crippen LogP contribution in [0, 0.1) is 10.1 Å². The number of benzene rings is 5. The van der Waals surface area contributed by atoms with Crippen LogP contribution in [0.1, 0.15) is 27.8 Å². The third kappa shape index (κ3) is 5.97. The Morgan fingerprint density at radius 3 is 1.81 bits per heavy atom. The molecule has 1 atom stereocenters. The van der Waals surface area contributed by atoms with E-state index in [9.17, 15) is 10.1 Å². The number of H-pyrrole nitrogens is 1. The highest BCUT2D eigenvalue weighted by molar-refractivity contribution is 5.83. The molecule has 6 rings (SSSR count).